The highest BCUT2D eigenvalue weighted by molar-refractivity contribution is 5.91. The van der Waals surface area contributed by atoms with Crippen LogP contribution in [0, 0.1) is 5.92 Å². The van der Waals surface area contributed by atoms with Gasteiger partial charge in [0.2, 0.25) is 5.91 Å². The van der Waals surface area contributed by atoms with Crippen molar-refractivity contribution < 1.29 is 14.7 Å². The topological polar surface area (TPSA) is 57.6 Å². The van der Waals surface area contributed by atoms with Gasteiger partial charge in [0.05, 0.1) is 11.5 Å². The Kier molecular flexibility index (Phi) is 3.44. The van der Waals surface area contributed by atoms with Gasteiger partial charge in [-0.15, -0.1) is 6.58 Å². The smallest absolute Gasteiger partial charge is 0.337 e. The molecular weight excluding hydrogens is 194 g/mol. The molecule has 1 atom stereocenters. The average molecular weight is 207 g/mol. The Morgan fingerprint density at radius 2 is 2.20 bits per heavy atom. The van der Waals surface area contributed by atoms with Gasteiger partial charge in [-0.25, -0.2) is 4.79 Å². The van der Waals surface area contributed by atoms with Crippen LogP contribution in [0.15, 0.2) is 37.1 Å². The van der Waals surface area contributed by atoms with Gasteiger partial charge in [0.1, 0.15) is 0 Å². The van der Waals surface area contributed by atoms with Crippen molar-refractivity contribution in [1.29, 1.82) is 0 Å². The molecule has 0 bridgehead atoms. The van der Waals surface area contributed by atoms with E-state index < -0.39 is 5.97 Å². The molecule has 0 aliphatic carbocycles. The zero-order chi connectivity index (χ0) is 11.4. The highest BCUT2D eigenvalue weighted by Gasteiger charge is 2.28. The molecule has 1 aliphatic rings. The number of rotatable bonds is 4. The lowest BCUT2D eigenvalue weighted by Gasteiger charge is -2.10. The SMILES string of the molecule is C=C/C(=C\N1CCC(C=C)C1=O)C(=O)O. The first-order valence-corrected chi connectivity index (χ1v) is 4.60. The quantitative estimate of drug-likeness (QED) is 0.428. The van der Waals surface area contributed by atoms with Crippen molar-refractivity contribution in [3.8, 4) is 0 Å². The second-order valence-electron chi connectivity index (χ2n) is 3.26. The van der Waals surface area contributed by atoms with Gasteiger partial charge in [0.15, 0.2) is 0 Å². The second kappa shape index (κ2) is 4.59. The first kappa shape index (κ1) is 11.2. The molecule has 1 amide bonds. The van der Waals surface area contributed by atoms with E-state index in [0.29, 0.717) is 13.0 Å². The molecule has 1 aliphatic heterocycles. The fraction of sp³-hybridized carbons (Fsp3) is 0.273. The summed E-state index contributed by atoms with van der Waals surface area (Å²) in [6.07, 6.45) is 4.81. The van der Waals surface area contributed by atoms with Gasteiger partial charge in [-0.2, -0.15) is 0 Å². The molecular formula is C11H13NO3. The highest BCUT2D eigenvalue weighted by atomic mass is 16.4. The molecule has 80 valence electrons. The van der Waals surface area contributed by atoms with Crippen LogP contribution >= 0.6 is 0 Å². The minimum Gasteiger partial charge on any atom is -0.478 e. The van der Waals surface area contributed by atoms with E-state index in [1.54, 1.807) is 6.08 Å². The fourth-order valence-electron chi connectivity index (χ4n) is 1.43. The van der Waals surface area contributed by atoms with Gasteiger partial charge in [-0.3, -0.25) is 4.79 Å². The number of hydrogen-bond donors (Lipinski definition) is 1. The number of carbonyl (C=O) groups is 2. The Morgan fingerprint density at radius 1 is 1.53 bits per heavy atom. The molecule has 0 radical (unpaired) electrons. The third-order valence-corrected chi connectivity index (χ3v) is 2.33. The van der Waals surface area contributed by atoms with E-state index in [2.05, 4.69) is 13.2 Å². The monoisotopic (exact) mass is 207 g/mol. The summed E-state index contributed by atoms with van der Waals surface area (Å²) in [7, 11) is 0. The minimum absolute atomic E-state index is 0.0214. The van der Waals surface area contributed by atoms with E-state index in [9.17, 15) is 9.59 Å². The summed E-state index contributed by atoms with van der Waals surface area (Å²) in [5.41, 5.74) is 0.0214. The lowest BCUT2D eigenvalue weighted by atomic mass is 10.1. The van der Waals surface area contributed by atoms with E-state index in [4.69, 9.17) is 5.11 Å². The number of carboxylic acids is 1. The van der Waals surface area contributed by atoms with Crippen LogP contribution < -0.4 is 0 Å². The van der Waals surface area contributed by atoms with E-state index in [-0.39, 0.29) is 17.4 Å². The average Bonchev–Trinajstić information content (AvgIpc) is 2.55. The number of likely N-dealkylation sites (tertiary alicyclic amines) is 1. The van der Waals surface area contributed by atoms with Crippen molar-refractivity contribution >= 4 is 11.9 Å². The van der Waals surface area contributed by atoms with Gasteiger partial charge in [0, 0.05) is 12.7 Å². The zero-order valence-corrected chi connectivity index (χ0v) is 8.35. The number of amides is 1. The largest absolute Gasteiger partial charge is 0.478 e. The third kappa shape index (κ3) is 2.34. The standard InChI is InChI=1S/C11H13NO3/c1-3-8-5-6-12(10(8)13)7-9(4-2)11(14)15/h3-4,7-8H,1-2,5-6H2,(H,14,15)/b9-7+. The highest BCUT2D eigenvalue weighted by Crippen LogP contribution is 2.19. The van der Waals surface area contributed by atoms with E-state index in [1.165, 1.54) is 17.2 Å². The molecule has 0 aromatic carbocycles. The van der Waals surface area contributed by atoms with Crippen LogP contribution in [0.1, 0.15) is 6.42 Å². The Bertz CT molecular complexity index is 344. The number of carbonyl (C=O) groups excluding carboxylic acids is 1. The van der Waals surface area contributed by atoms with Gasteiger partial charge >= 0.3 is 5.97 Å². The van der Waals surface area contributed by atoms with Crippen LogP contribution in [0.25, 0.3) is 0 Å². The molecule has 1 fully saturated rings. The molecule has 0 spiro atoms. The van der Waals surface area contributed by atoms with Crippen molar-refractivity contribution in [2.75, 3.05) is 6.54 Å². The molecule has 1 heterocycles. The summed E-state index contributed by atoms with van der Waals surface area (Å²) in [6, 6.07) is 0. The number of aliphatic carboxylic acids is 1. The summed E-state index contributed by atoms with van der Waals surface area (Å²) in [5, 5.41) is 8.75. The lowest BCUT2D eigenvalue weighted by molar-refractivity contribution is -0.132. The van der Waals surface area contributed by atoms with Crippen LogP contribution in [0.3, 0.4) is 0 Å². The summed E-state index contributed by atoms with van der Waals surface area (Å²) in [6.45, 7) is 7.47. The van der Waals surface area contributed by atoms with Crippen molar-refractivity contribution in [3.63, 3.8) is 0 Å². The maximum atomic E-state index is 11.6. The van der Waals surface area contributed by atoms with Crippen molar-refractivity contribution in [3.05, 3.63) is 37.1 Å². The summed E-state index contributed by atoms with van der Waals surface area (Å²) in [5.74, 6) is -1.38. The Hall–Kier alpha value is -1.84. The van der Waals surface area contributed by atoms with Crippen LogP contribution in [0.5, 0.6) is 0 Å². The normalized spacial score (nSPS) is 21.6. The molecule has 1 unspecified atom stereocenters. The van der Waals surface area contributed by atoms with Crippen LogP contribution in [0.4, 0.5) is 0 Å². The minimum atomic E-state index is -1.08. The predicted octanol–water partition coefficient (Wildman–Crippen LogP) is 1.18. The van der Waals surface area contributed by atoms with Crippen molar-refractivity contribution in [2.24, 2.45) is 5.92 Å². The molecule has 0 saturated carbocycles. The van der Waals surface area contributed by atoms with E-state index >= 15 is 0 Å². The van der Waals surface area contributed by atoms with Gasteiger partial charge in [0.25, 0.3) is 0 Å². The summed E-state index contributed by atoms with van der Waals surface area (Å²) in [4.78, 5) is 23.7. The summed E-state index contributed by atoms with van der Waals surface area (Å²) < 4.78 is 0. The number of hydrogen-bond acceptors (Lipinski definition) is 2. The molecule has 15 heavy (non-hydrogen) atoms. The second-order valence-corrected chi connectivity index (χ2v) is 3.26. The Balaban J connectivity index is 2.83. The van der Waals surface area contributed by atoms with Gasteiger partial charge in [-0.1, -0.05) is 18.7 Å². The third-order valence-electron chi connectivity index (χ3n) is 2.33. The maximum absolute atomic E-state index is 11.6. The molecule has 1 saturated heterocycles. The number of carboxylic acid groups (broad SMARTS) is 1. The fourth-order valence-corrected chi connectivity index (χ4v) is 1.43. The molecule has 1 N–H and O–H groups in total. The maximum Gasteiger partial charge on any atom is 0.337 e. The van der Waals surface area contributed by atoms with Crippen LogP contribution in [-0.4, -0.2) is 28.4 Å². The van der Waals surface area contributed by atoms with E-state index in [1.807, 2.05) is 0 Å². The molecule has 1 rings (SSSR count). The first-order valence-electron chi connectivity index (χ1n) is 4.60. The Morgan fingerprint density at radius 3 is 2.60 bits per heavy atom. The molecule has 0 aromatic heterocycles. The predicted molar refractivity (Wildman–Crippen MR) is 55.9 cm³/mol. The van der Waals surface area contributed by atoms with Gasteiger partial charge < -0.3 is 10.0 Å². The molecule has 4 nitrogen and oxygen atoms in total. The zero-order valence-electron chi connectivity index (χ0n) is 8.35. The molecule has 4 heteroatoms. The van der Waals surface area contributed by atoms with Crippen LogP contribution in [0.2, 0.25) is 0 Å². The first-order chi connectivity index (χ1) is 7.10. The van der Waals surface area contributed by atoms with Crippen LogP contribution in [-0.2, 0) is 9.59 Å². The lowest BCUT2D eigenvalue weighted by Crippen LogP contribution is -2.22. The van der Waals surface area contributed by atoms with Crippen molar-refractivity contribution in [1.82, 2.24) is 4.90 Å². The Labute approximate surface area is 88.2 Å². The van der Waals surface area contributed by atoms with Crippen molar-refractivity contribution in [2.45, 2.75) is 6.42 Å². The van der Waals surface area contributed by atoms with Gasteiger partial charge in [-0.05, 0) is 6.42 Å². The van der Waals surface area contributed by atoms with E-state index in [0.717, 1.165) is 0 Å². The number of nitrogens with zero attached hydrogens (tertiary/aromatic N) is 1. The molecule has 0 aromatic rings. The summed E-state index contributed by atoms with van der Waals surface area (Å²) >= 11 is 0.